The van der Waals surface area contributed by atoms with Crippen molar-refractivity contribution in [2.75, 3.05) is 26.2 Å². The Morgan fingerprint density at radius 3 is 2.26 bits per heavy atom. The molecule has 1 saturated carbocycles. The summed E-state index contributed by atoms with van der Waals surface area (Å²) in [7, 11) is 0. The molecule has 2 aliphatic heterocycles. The summed E-state index contributed by atoms with van der Waals surface area (Å²) in [5.41, 5.74) is 0. The lowest BCUT2D eigenvalue weighted by molar-refractivity contribution is -0.143. The summed E-state index contributed by atoms with van der Waals surface area (Å²) in [6.07, 6.45) is 8.31. The molecule has 2 amide bonds. The number of likely N-dealkylation sites (tertiary alicyclic amines) is 1. The molecule has 132 valence electrons. The van der Waals surface area contributed by atoms with Gasteiger partial charge >= 0.3 is 0 Å². The van der Waals surface area contributed by atoms with Crippen molar-refractivity contribution in [3.05, 3.63) is 0 Å². The maximum atomic E-state index is 12.7. The highest BCUT2D eigenvalue weighted by atomic mass is 35.5. The third-order valence-corrected chi connectivity index (χ3v) is 5.48. The molecule has 0 aromatic carbocycles. The van der Waals surface area contributed by atoms with Gasteiger partial charge in [-0.05, 0) is 45.1 Å². The monoisotopic (exact) mass is 343 g/mol. The van der Waals surface area contributed by atoms with Crippen molar-refractivity contribution >= 4 is 24.2 Å². The van der Waals surface area contributed by atoms with Gasteiger partial charge in [0.25, 0.3) is 0 Å². The largest absolute Gasteiger partial charge is 0.352 e. The predicted octanol–water partition coefficient (Wildman–Crippen LogP) is 1.71. The van der Waals surface area contributed by atoms with E-state index in [0.717, 1.165) is 77.5 Å². The van der Waals surface area contributed by atoms with Crippen molar-refractivity contribution in [2.24, 2.45) is 11.8 Å². The molecule has 0 aromatic rings. The number of rotatable bonds is 3. The SMILES string of the molecule is Cl.O=C(N[C@H]1CCCNC1)C1CCCCC1C(=O)N1CCCC1. The molecule has 2 saturated heterocycles. The third kappa shape index (κ3) is 4.60. The van der Waals surface area contributed by atoms with E-state index in [1.54, 1.807) is 0 Å². The summed E-state index contributed by atoms with van der Waals surface area (Å²) in [6.45, 7) is 3.68. The topological polar surface area (TPSA) is 61.4 Å². The molecule has 0 spiro atoms. The first-order chi connectivity index (χ1) is 10.8. The maximum Gasteiger partial charge on any atom is 0.226 e. The van der Waals surface area contributed by atoms with E-state index >= 15 is 0 Å². The van der Waals surface area contributed by atoms with Gasteiger partial charge in [0.1, 0.15) is 0 Å². The summed E-state index contributed by atoms with van der Waals surface area (Å²) < 4.78 is 0. The number of hydrogen-bond acceptors (Lipinski definition) is 3. The van der Waals surface area contributed by atoms with Gasteiger partial charge in [0.15, 0.2) is 0 Å². The van der Waals surface area contributed by atoms with Crippen LogP contribution >= 0.6 is 12.4 Å². The maximum absolute atomic E-state index is 12.7. The van der Waals surface area contributed by atoms with Crippen molar-refractivity contribution in [3.63, 3.8) is 0 Å². The van der Waals surface area contributed by atoms with E-state index in [-0.39, 0.29) is 42.1 Å². The third-order valence-electron chi connectivity index (χ3n) is 5.48. The molecular formula is C17H30ClN3O2. The van der Waals surface area contributed by atoms with E-state index in [1.807, 2.05) is 4.90 Å². The van der Waals surface area contributed by atoms with Crippen LogP contribution < -0.4 is 10.6 Å². The Kier molecular flexibility index (Phi) is 7.15. The second-order valence-electron chi connectivity index (χ2n) is 7.08. The summed E-state index contributed by atoms with van der Waals surface area (Å²) in [5.74, 6) is 0.164. The van der Waals surface area contributed by atoms with Crippen LogP contribution in [-0.2, 0) is 9.59 Å². The Hall–Kier alpha value is -0.810. The Balaban J connectivity index is 0.00000192. The Morgan fingerprint density at radius 2 is 1.61 bits per heavy atom. The number of amides is 2. The van der Waals surface area contributed by atoms with Crippen LogP contribution in [0.25, 0.3) is 0 Å². The minimum Gasteiger partial charge on any atom is -0.352 e. The van der Waals surface area contributed by atoms with Crippen LogP contribution in [-0.4, -0.2) is 48.9 Å². The zero-order valence-corrected chi connectivity index (χ0v) is 14.7. The first-order valence-electron chi connectivity index (χ1n) is 9.05. The minimum absolute atomic E-state index is 0. The molecule has 3 fully saturated rings. The van der Waals surface area contributed by atoms with Crippen LogP contribution in [0.1, 0.15) is 51.4 Å². The first kappa shape index (κ1) is 18.5. The van der Waals surface area contributed by atoms with E-state index in [2.05, 4.69) is 10.6 Å². The zero-order valence-electron chi connectivity index (χ0n) is 13.9. The Morgan fingerprint density at radius 1 is 0.913 bits per heavy atom. The fraction of sp³-hybridized carbons (Fsp3) is 0.882. The van der Waals surface area contributed by atoms with Crippen LogP contribution in [0.4, 0.5) is 0 Å². The summed E-state index contributed by atoms with van der Waals surface area (Å²) in [5, 5.41) is 6.52. The van der Waals surface area contributed by atoms with Gasteiger partial charge in [0, 0.05) is 37.5 Å². The lowest BCUT2D eigenvalue weighted by Gasteiger charge is -2.34. The summed E-state index contributed by atoms with van der Waals surface area (Å²) in [6, 6.07) is 0.241. The number of halogens is 1. The lowest BCUT2D eigenvalue weighted by atomic mass is 9.77. The number of nitrogens with zero attached hydrogens (tertiary/aromatic N) is 1. The molecule has 0 radical (unpaired) electrons. The Labute approximate surface area is 145 Å². The van der Waals surface area contributed by atoms with Crippen LogP contribution in [0.5, 0.6) is 0 Å². The fourth-order valence-corrected chi connectivity index (χ4v) is 4.20. The highest BCUT2D eigenvalue weighted by Crippen LogP contribution is 2.32. The number of hydrogen-bond donors (Lipinski definition) is 2. The zero-order chi connectivity index (χ0) is 15.4. The van der Waals surface area contributed by atoms with E-state index in [4.69, 9.17) is 0 Å². The molecule has 2 heterocycles. The molecular weight excluding hydrogens is 314 g/mol. The fourth-order valence-electron chi connectivity index (χ4n) is 4.20. The number of carbonyl (C=O) groups excluding carboxylic acids is 2. The van der Waals surface area contributed by atoms with E-state index in [9.17, 15) is 9.59 Å². The van der Waals surface area contributed by atoms with Gasteiger partial charge in [-0.15, -0.1) is 12.4 Å². The molecule has 1 aliphatic carbocycles. The molecule has 0 aromatic heterocycles. The molecule has 3 rings (SSSR count). The normalized spacial score (nSPS) is 31.3. The smallest absolute Gasteiger partial charge is 0.226 e. The molecule has 6 heteroatoms. The van der Waals surface area contributed by atoms with Crippen molar-refractivity contribution in [1.82, 2.24) is 15.5 Å². The lowest BCUT2D eigenvalue weighted by Crippen LogP contribution is -2.50. The number of piperidine rings is 1. The van der Waals surface area contributed by atoms with E-state index in [1.165, 1.54) is 0 Å². The quantitative estimate of drug-likeness (QED) is 0.820. The average molecular weight is 344 g/mol. The van der Waals surface area contributed by atoms with Gasteiger partial charge in [-0.1, -0.05) is 12.8 Å². The number of carbonyl (C=O) groups is 2. The first-order valence-corrected chi connectivity index (χ1v) is 9.05. The molecule has 3 atom stereocenters. The average Bonchev–Trinajstić information content (AvgIpc) is 3.09. The van der Waals surface area contributed by atoms with Crippen LogP contribution in [0.15, 0.2) is 0 Å². The second kappa shape index (κ2) is 8.88. The van der Waals surface area contributed by atoms with Gasteiger partial charge in [0.2, 0.25) is 11.8 Å². The molecule has 5 nitrogen and oxygen atoms in total. The van der Waals surface area contributed by atoms with Crippen LogP contribution in [0.3, 0.4) is 0 Å². The molecule has 3 aliphatic rings. The van der Waals surface area contributed by atoms with Crippen LogP contribution in [0, 0.1) is 11.8 Å². The summed E-state index contributed by atoms with van der Waals surface area (Å²) in [4.78, 5) is 27.4. The highest BCUT2D eigenvalue weighted by Gasteiger charge is 2.38. The van der Waals surface area contributed by atoms with E-state index < -0.39 is 0 Å². The minimum atomic E-state index is -0.108. The molecule has 0 bridgehead atoms. The van der Waals surface area contributed by atoms with Crippen molar-refractivity contribution < 1.29 is 9.59 Å². The van der Waals surface area contributed by atoms with Crippen molar-refractivity contribution in [1.29, 1.82) is 0 Å². The van der Waals surface area contributed by atoms with Gasteiger partial charge in [0.05, 0.1) is 0 Å². The molecule has 23 heavy (non-hydrogen) atoms. The van der Waals surface area contributed by atoms with E-state index in [0.29, 0.717) is 0 Å². The highest BCUT2D eigenvalue weighted by molar-refractivity contribution is 5.88. The van der Waals surface area contributed by atoms with Crippen molar-refractivity contribution in [3.8, 4) is 0 Å². The second-order valence-corrected chi connectivity index (χ2v) is 7.08. The molecule has 2 N–H and O–H groups in total. The molecule has 2 unspecified atom stereocenters. The standard InChI is InChI=1S/C17H29N3O2.ClH/c21-16(19-13-6-5-9-18-12-13)14-7-1-2-8-15(14)17(22)20-10-3-4-11-20;/h13-15,18H,1-12H2,(H,19,21);1H/t13-,14?,15?;/m0./s1. The van der Waals surface area contributed by atoms with Gasteiger partial charge in [-0.2, -0.15) is 0 Å². The van der Waals surface area contributed by atoms with Crippen molar-refractivity contribution in [2.45, 2.75) is 57.4 Å². The predicted molar refractivity (Wildman–Crippen MR) is 92.5 cm³/mol. The number of nitrogens with one attached hydrogen (secondary N) is 2. The Bertz CT molecular complexity index is 407. The van der Waals surface area contributed by atoms with Gasteiger partial charge in [-0.25, -0.2) is 0 Å². The summed E-state index contributed by atoms with van der Waals surface area (Å²) >= 11 is 0. The van der Waals surface area contributed by atoms with Gasteiger partial charge < -0.3 is 15.5 Å². The van der Waals surface area contributed by atoms with Gasteiger partial charge in [-0.3, -0.25) is 9.59 Å². The van der Waals surface area contributed by atoms with Crippen LogP contribution in [0.2, 0.25) is 0 Å².